The molecule has 45 nitrogen and oxygen atoms in total. The third-order valence-corrected chi connectivity index (χ3v) is 27.9. The zero-order valence-electron chi connectivity index (χ0n) is 85.6. The summed E-state index contributed by atoms with van der Waals surface area (Å²) < 4.78 is 0. The number of unbranched alkanes of at least 4 members (excludes halogenated alkanes) is 2. The number of nitrogens with one attached hydrogen (secondary N) is 13. The molecule has 0 spiro atoms. The predicted octanol–water partition coefficient (Wildman–Crippen LogP) is -1.11. The predicted molar refractivity (Wildman–Crippen MR) is 548 cm³/mol. The maximum absolute atomic E-state index is 15.5. The van der Waals surface area contributed by atoms with Crippen LogP contribution in [0.25, 0.3) is 0 Å². The van der Waals surface area contributed by atoms with Crippen LogP contribution in [0.3, 0.4) is 0 Å². The van der Waals surface area contributed by atoms with Gasteiger partial charge in [-0.25, -0.2) is 0 Å². The first-order chi connectivity index (χ1) is 69.6. The number of phenols is 2. The number of thioether (sulfide) groups is 3. The van der Waals surface area contributed by atoms with Gasteiger partial charge in [-0.15, -0.1) is 11.8 Å². The number of likely N-dealkylation sites (tertiary alicyclic amines) is 1. The number of Topliss-reactive ketones (excluding diaryl/α,β-unsaturated/α-hetero) is 1. The van der Waals surface area contributed by atoms with Crippen molar-refractivity contribution in [2.75, 3.05) is 87.7 Å². The fourth-order valence-electron chi connectivity index (χ4n) is 16.9. The second-order valence-corrected chi connectivity index (χ2v) is 41.7. The summed E-state index contributed by atoms with van der Waals surface area (Å²) in [4.78, 5) is 308. The van der Waals surface area contributed by atoms with Crippen molar-refractivity contribution in [3.8, 4) is 11.5 Å². The number of hydrogen-bond acceptors (Lipinski definition) is 28. The van der Waals surface area contributed by atoms with E-state index in [0.717, 1.165) is 28.4 Å². The highest BCUT2D eigenvalue weighted by Crippen LogP contribution is 2.28. The average Bonchev–Trinajstić information content (AvgIpc) is 1.00. The van der Waals surface area contributed by atoms with Crippen molar-refractivity contribution in [3.05, 3.63) is 95.6 Å². The quantitative estimate of drug-likeness (QED) is 0.0300. The van der Waals surface area contributed by atoms with Crippen LogP contribution in [0.2, 0.25) is 0 Å². The molecule has 0 aromatic heterocycles. The summed E-state index contributed by atoms with van der Waals surface area (Å²) >= 11 is 3.33. The van der Waals surface area contributed by atoms with Crippen LogP contribution in [0.1, 0.15) is 189 Å². The van der Waals surface area contributed by atoms with Gasteiger partial charge in [0, 0.05) is 75.3 Å². The highest BCUT2D eigenvalue weighted by molar-refractivity contribution is 8.00. The third-order valence-electron chi connectivity index (χ3n) is 25.2. The molecular weight excluding hydrogens is 1960 g/mol. The molecule has 4 aliphatic rings. The van der Waals surface area contributed by atoms with Gasteiger partial charge in [0.2, 0.25) is 112 Å². The van der Waals surface area contributed by atoms with Gasteiger partial charge in [-0.2, -0.15) is 23.5 Å². The van der Waals surface area contributed by atoms with Gasteiger partial charge in [0.1, 0.15) is 96.1 Å². The highest BCUT2D eigenvalue weighted by Gasteiger charge is 2.45. The lowest BCUT2D eigenvalue weighted by Gasteiger charge is -2.42. The van der Waals surface area contributed by atoms with Crippen LogP contribution in [0, 0.1) is 5.41 Å². The van der Waals surface area contributed by atoms with E-state index in [4.69, 9.17) is 11.5 Å². The van der Waals surface area contributed by atoms with E-state index >= 15 is 19.2 Å². The van der Waals surface area contributed by atoms with Crippen LogP contribution < -0.4 is 80.6 Å². The number of primary amides is 1. The molecule has 4 saturated heterocycles. The Labute approximate surface area is 869 Å². The van der Waals surface area contributed by atoms with Crippen molar-refractivity contribution < 1.29 is 116 Å². The molecule has 3 aromatic rings. The number of aromatic hydroxyl groups is 2. The lowest BCUT2D eigenvalue weighted by Crippen LogP contribution is -2.60. The van der Waals surface area contributed by atoms with Crippen molar-refractivity contribution in [2.45, 2.75) is 288 Å². The summed E-state index contributed by atoms with van der Waals surface area (Å²) in [5, 5.41) is 65.6. The molecule has 0 saturated carbocycles. The Balaban J connectivity index is 1.20. The van der Waals surface area contributed by atoms with E-state index in [2.05, 4.69) is 69.1 Å². The van der Waals surface area contributed by atoms with Crippen LogP contribution >= 0.6 is 35.3 Å². The largest absolute Gasteiger partial charge is 0.508 e. The molecule has 147 heavy (non-hydrogen) atoms. The SMILES string of the molecule is CCCC[C@H](NC(=O)[C@H](Cc1ccc(O)cc1)NC(=O)[C@@H]1CCCN1C(=O)[C@H](CC(=O)O)NC(=O)[C@H](C)NC(=O)[C@H](Cc1ccccc1)NCC(=O)[C@@H]1CSCC(=O)N2CN(C(=O)CCSC)CN(C2)C(=O)CCSC[C@H](NC(C)=O)C(=O)N[C@@H](CC(C)(C)C)C(=O)N(CCC)[C@@H](C)C(=O)N[C@@H](CCCCN)C(=O)N[C@H](C)C(=O)N2CCC[C@H]2C(=O)N[C@@H](Cc2ccc(O)cc2)C(=O)N1)C(=O)N[C@@H](C)C(=O)N[C@@H](C)C(N)=O. The Morgan fingerprint density at radius 3 is 1.78 bits per heavy atom. The Bertz CT molecular complexity index is 5080. The van der Waals surface area contributed by atoms with E-state index in [1.807, 2.05) is 27.7 Å². The summed E-state index contributed by atoms with van der Waals surface area (Å²) in [5.74, 6) is -18.3. The number of carbonyl (C=O) groups is 21. The first-order valence-electron chi connectivity index (χ1n) is 49.7. The number of carboxylic acids is 1. The summed E-state index contributed by atoms with van der Waals surface area (Å²) in [6.07, 6.45) is 2.35. The number of aliphatic carboxylic acids is 1. The fraction of sp³-hybridized carbons (Fsp3) is 0.606. The molecule has 4 aliphatic heterocycles. The number of ketones is 1. The molecule has 0 radical (unpaired) electrons. The molecule has 810 valence electrons. The molecule has 20 N–H and O–H groups in total. The fourth-order valence-corrected chi connectivity index (χ4v) is 19.3. The number of nitrogens with zero attached hydrogens (tertiary/aromatic N) is 6. The zero-order valence-corrected chi connectivity index (χ0v) is 88.1. The molecule has 4 fully saturated rings. The van der Waals surface area contributed by atoms with Crippen molar-refractivity contribution >= 4 is 159 Å². The molecule has 0 unspecified atom stereocenters. The molecule has 16 atom stereocenters. The van der Waals surface area contributed by atoms with Crippen LogP contribution in [0.15, 0.2) is 78.9 Å². The topological polar surface area (TPSA) is 647 Å². The van der Waals surface area contributed by atoms with Crippen molar-refractivity contribution in [1.29, 1.82) is 0 Å². The summed E-state index contributed by atoms with van der Waals surface area (Å²) in [7, 11) is 0. The van der Waals surface area contributed by atoms with Gasteiger partial charge in [-0.1, -0.05) is 102 Å². The minimum Gasteiger partial charge on any atom is -0.508 e. The first kappa shape index (κ1) is 121. The number of nitrogens with two attached hydrogens (primary N) is 2. The van der Waals surface area contributed by atoms with Gasteiger partial charge < -0.3 is 120 Å². The molecule has 4 heterocycles. The number of amides is 19. The minimum absolute atomic E-state index is 0.00786. The Kier molecular flexibility index (Phi) is 49.4. The van der Waals surface area contributed by atoms with Gasteiger partial charge in [-0.05, 0) is 164 Å². The Morgan fingerprint density at radius 2 is 1.16 bits per heavy atom. The summed E-state index contributed by atoms with van der Waals surface area (Å²) in [6, 6.07) is -2.99. The molecule has 2 bridgehead atoms. The van der Waals surface area contributed by atoms with E-state index < -0.39 is 251 Å². The third kappa shape index (κ3) is 39.1. The van der Waals surface area contributed by atoms with Gasteiger partial charge in [0.25, 0.3) is 0 Å². The lowest BCUT2D eigenvalue weighted by molar-refractivity contribution is -0.157. The van der Waals surface area contributed by atoms with Gasteiger partial charge >= 0.3 is 5.97 Å². The number of carbonyl (C=O) groups excluding carboxylic acids is 20. The van der Waals surface area contributed by atoms with Gasteiger partial charge in [0.05, 0.1) is 50.8 Å². The second kappa shape index (κ2) is 59.9. The zero-order chi connectivity index (χ0) is 109. The maximum Gasteiger partial charge on any atom is 0.305 e. The number of hydrogen-bond donors (Lipinski definition) is 18. The lowest BCUT2D eigenvalue weighted by atomic mass is 9.87. The molecular formula is C99H147N21O24S3. The van der Waals surface area contributed by atoms with Crippen LogP contribution in [0.4, 0.5) is 0 Å². The molecule has 19 amide bonds. The summed E-state index contributed by atoms with van der Waals surface area (Å²) in [6.45, 7) is 15.5. The molecule has 48 heteroatoms. The number of rotatable bonds is 40. The molecule has 3 aromatic carbocycles. The average molecular weight is 2110 g/mol. The van der Waals surface area contributed by atoms with Crippen molar-refractivity contribution in [3.63, 3.8) is 0 Å². The number of fused-ring (bicyclic) bond motifs is 3. The smallest absolute Gasteiger partial charge is 0.305 e. The maximum atomic E-state index is 15.5. The number of phenolic OH excluding ortho intramolecular Hbond substituents is 2. The van der Waals surface area contributed by atoms with Crippen LogP contribution in [-0.4, -0.2) is 353 Å². The standard InChI is InChI=1S/C99H147N21O24S3/c1-13-15-25-68(88(134)104-58(4)85(131)103-57(3)84(101)130)109-91(137)71(46-64-29-33-66(122)34-30-64)110-95(141)78-28-22-42-120(78)97(143)73(48-83(128)129)112-86(132)59(5)105-90(136)70(45-63-23-17-16-18-24-63)102-50-79(124)75-51-147-53-82(127)117-55-115(80(125)37-43-145-12)54-116(56-117)81(126)38-44-146-52-76(107-62(8)121)93(139)113-74(49-99(9,10)11)98(144)118(40-14-2)61(7)87(133)108-69(26-19-20-39-100)89(135)106-60(6)96(142)119-41-21-27-77(119)94(140)111-72(92(138)114-75)47-65-31-35-67(123)36-32-65/h16-18,23-24,29-36,57-61,68-78,102,122-123H,13-15,19-22,25-28,37-56,100H2,1-12H3,(H2,101,130)(H,103,131)(H,104,134)(H,105,136)(H,106,135)(H,107,121)(H,108,133)(H,109,137)(H,110,141)(H,111,140)(H,112,132)(H,113,139)(H,114,138)(H,128,129)/t57-,58-,59-,60+,61-,68-,69-,70-,71-,72-,73-,74-,75-,76-,77-,78-/m0/s1. The normalized spacial score (nSPS) is 21.7. The first-order valence-corrected chi connectivity index (χ1v) is 53.4. The van der Waals surface area contributed by atoms with E-state index in [1.54, 1.807) is 43.5 Å². The van der Waals surface area contributed by atoms with E-state index in [-0.39, 0.29) is 146 Å². The van der Waals surface area contributed by atoms with E-state index in [1.165, 1.54) is 126 Å². The van der Waals surface area contributed by atoms with Crippen LogP contribution in [0.5, 0.6) is 11.5 Å². The number of benzene rings is 3. The Hall–Kier alpha value is -12.7. The van der Waals surface area contributed by atoms with Crippen molar-refractivity contribution in [2.24, 2.45) is 16.9 Å². The van der Waals surface area contributed by atoms with Crippen LogP contribution in [-0.2, 0) is 120 Å². The number of carboxylic acid groups (broad SMARTS) is 1. The summed E-state index contributed by atoms with van der Waals surface area (Å²) in [5.41, 5.74) is 11.9. The van der Waals surface area contributed by atoms with E-state index in [9.17, 15) is 96.8 Å². The molecule has 7 rings (SSSR count). The minimum atomic E-state index is -1.91. The second-order valence-electron chi connectivity index (χ2n) is 38.5. The monoisotopic (exact) mass is 2110 g/mol. The van der Waals surface area contributed by atoms with E-state index in [0.29, 0.717) is 54.5 Å². The van der Waals surface area contributed by atoms with Crippen molar-refractivity contribution in [1.82, 2.24) is 98.5 Å². The van der Waals surface area contributed by atoms with Gasteiger partial charge in [-0.3, -0.25) is 106 Å². The Morgan fingerprint density at radius 1 is 0.585 bits per heavy atom. The van der Waals surface area contributed by atoms with Gasteiger partial charge in [0.15, 0.2) is 5.78 Å². The molecule has 0 aliphatic carbocycles. The highest BCUT2D eigenvalue weighted by atomic mass is 32.2.